The molecule has 0 spiro atoms. The summed E-state index contributed by atoms with van der Waals surface area (Å²) in [5, 5.41) is 5.57. The van der Waals surface area contributed by atoms with Gasteiger partial charge in [0.05, 0.1) is 0 Å². The molecule has 1 aliphatic carbocycles. The van der Waals surface area contributed by atoms with Crippen LogP contribution in [0.1, 0.15) is 25.1 Å². The van der Waals surface area contributed by atoms with E-state index in [0.29, 0.717) is 0 Å². The highest BCUT2D eigenvalue weighted by molar-refractivity contribution is 5.48. The van der Waals surface area contributed by atoms with Gasteiger partial charge in [-0.15, -0.1) is 0 Å². The maximum absolute atomic E-state index is 12.5. The highest BCUT2D eigenvalue weighted by Gasteiger charge is 2.35. The monoisotopic (exact) mass is 246 g/mol. The van der Waals surface area contributed by atoms with E-state index >= 15 is 0 Å². The molecule has 1 aromatic rings. The van der Waals surface area contributed by atoms with Gasteiger partial charge in [0.25, 0.3) is 0 Å². The summed E-state index contributed by atoms with van der Waals surface area (Å²) in [5.41, 5.74) is 0. The topological polar surface area (TPSA) is 49.8 Å². The van der Waals surface area contributed by atoms with Crippen LogP contribution in [0.3, 0.4) is 0 Å². The summed E-state index contributed by atoms with van der Waals surface area (Å²) in [6.07, 6.45) is -1.48. The first kappa shape index (κ1) is 11.9. The van der Waals surface area contributed by atoms with Gasteiger partial charge in [-0.25, -0.2) is 9.97 Å². The van der Waals surface area contributed by atoms with Crippen molar-refractivity contribution in [2.45, 2.75) is 31.5 Å². The molecule has 17 heavy (non-hydrogen) atoms. The van der Waals surface area contributed by atoms with E-state index in [2.05, 4.69) is 20.6 Å². The van der Waals surface area contributed by atoms with Crippen LogP contribution in [-0.2, 0) is 6.18 Å². The third-order valence-corrected chi connectivity index (χ3v) is 2.69. The normalized spacial score (nSPS) is 16.5. The molecule has 1 aromatic heterocycles. The Labute approximate surface area is 96.7 Å². The van der Waals surface area contributed by atoms with E-state index in [0.717, 1.165) is 19.3 Å². The van der Waals surface area contributed by atoms with Gasteiger partial charge >= 0.3 is 6.18 Å². The van der Waals surface area contributed by atoms with Crippen LogP contribution in [0.5, 0.6) is 0 Å². The summed E-state index contributed by atoms with van der Waals surface area (Å²) in [5.74, 6) is -0.735. The third-order valence-electron chi connectivity index (χ3n) is 2.69. The van der Waals surface area contributed by atoms with Crippen LogP contribution in [0.15, 0.2) is 6.07 Å². The SMILES string of the molecule is CNc1cc(NC2CCC2)nc(C(F)(F)F)n1. The molecule has 1 saturated carbocycles. The molecular weight excluding hydrogens is 233 g/mol. The van der Waals surface area contributed by atoms with E-state index in [1.165, 1.54) is 13.1 Å². The summed E-state index contributed by atoms with van der Waals surface area (Å²) in [7, 11) is 1.52. The van der Waals surface area contributed by atoms with Crippen molar-refractivity contribution >= 4 is 11.6 Å². The number of hydrogen-bond donors (Lipinski definition) is 2. The lowest BCUT2D eigenvalue weighted by atomic mass is 9.93. The molecule has 7 heteroatoms. The quantitative estimate of drug-likeness (QED) is 0.860. The number of anilines is 2. The number of aromatic nitrogens is 2. The fourth-order valence-corrected chi connectivity index (χ4v) is 1.54. The number of halogens is 3. The van der Waals surface area contributed by atoms with Crippen molar-refractivity contribution in [1.82, 2.24) is 9.97 Å². The van der Waals surface area contributed by atoms with Gasteiger partial charge in [-0.3, -0.25) is 0 Å². The molecular formula is C10H13F3N4. The molecule has 4 nitrogen and oxygen atoms in total. The Morgan fingerprint density at radius 3 is 2.35 bits per heavy atom. The first-order valence-corrected chi connectivity index (χ1v) is 5.39. The Hall–Kier alpha value is -1.53. The summed E-state index contributed by atoms with van der Waals surface area (Å²) in [6, 6.07) is 1.71. The minimum Gasteiger partial charge on any atom is -0.373 e. The molecule has 2 rings (SSSR count). The van der Waals surface area contributed by atoms with E-state index in [9.17, 15) is 13.2 Å². The van der Waals surface area contributed by atoms with Gasteiger partial charge in [0.2, 0.25) is 5.82 Å². The number of nitrogens with one attached hydrogen (secondary N) is 2. The van der Waals surface area contributed by atoms with Crippen molar-refractivity contribution in [2.24, 2.45) is 0 Å². The average Bonchev–Trinajstić information content (AvgIpc) is 2.22. The zero-order chi connectivity index (χ0) is 12.5. The van der Waals surface area contributed by atoms with Gasteiger partial charge in [0, 0.05) is 19.2 Å². The summed E-state index contributed by atoms with van der Waals surface area (Å²) in [6.45, 7) is 0. The molecule has 0 bridgehead atoms. The zero-order valence-electron chi connectivity index (χ0n) is 9.30. The molecule has 0 aliphatic heterocycles. The van der Waals surface area contributed by atoms with Crippen molar-refractivity contribution < 1.29 is 13.2 Å². The number of rotatable bonds is 3. The highest BCUT2D eigenvalue weighted by atomic mass is 19.4. The lowest BCUT2D eigenvalue weighted by molar-refractivity contribution is -0.144. The molecule has 94 valence electrons. The minimum absolute atomic E-state index is 0.161. The van der Waals surface area contributed by atoms with Crippen LogP contribution in [0.2, 0.25) is 0 Å². The molecule has 1 fully saturated rings. The standard InChI is InChI=1S/C10H13F3N4/c1-14-7-5-8(15-6-3-2-4-6)17-9(16-7)10(11,12)13/h5-6H,2-4H2,1H3,(H2,14,15,16,17). The molecule has 1 heterocycles. The van der Waals surface area contributed by atoms with E-state index in [1.807, 2.05) is 0 Å². The van der Waals surface area contributed by atoms with Gasteiger partial charge in [-0.2, -0.15) is 13.2 Å². The Morgan fingerprint density at radius 1 is 1.24 bits per heavy atom. The molecule has 0 atom stereocenters. The summed E-state index contributed by atoms with van der Waals surface area (Å²) < 4.78 is 37.6. The fraction of sp³-hybridized carbons (Fsp3) is 0.600. The van der Waals surface area contributed by atoms with E-state index in [-0.39, 0.29) is 17.7 Å². The predicted octanol–water partition coefficient (Wildman–Crippen LogP) is 2.50. The van der Waals surface area contributed by atoms with Crippen LogP contribution in [-0.4, -0.2) is 23.1 Å². The lowest BCUT2D eigenvalue weighted by Crippen LogP contribution is -2.28. The molecule has 0 saturated heterocycles. The second-order valence-electron chi connectivity index (χ2n) is 3.98. The van der Waals surface area contributed by atoms with Crippen LogP contribution in [0.25, 0.3) is 0 Å². The second kappa shape index (κ2) is 4.38. The molecule has 1 aliphatic rings. The summed E-state index contributed by atoms with van der Waals surface area (Å²) >= 11 is 0. The fourth-order valence-electron chi connectivity index (χ4n) is 1.54. The Balaban J connectivity index is 2.24. The molecule has 0 aromatic carbocycles. The van der Waals surface area contributed by atoms with Gasteiger partial charge in [-0.1, -0.05) is 0 Å². The first-order chi connectivity index (χ1) is 7.99. The largest absolute Gasteiger partial charge is 0.451 e. The highest BCUT2D eigenvalue weighted by Crippen LogP contribution is 2.29. The maximum atomic E-state index is 12.5. The van der Waals surface area contributed by atoms with Crippen molar-refractivity contribution in [3.05, 3.63) is 11.9 Å². The van der Waals surface area contributed by atoms with Crippen LogP contribution in [0, 0.1) is 0 Å². The molecule has 0 radical (unpaired) electrons. The predicted molar refractivity (Wildman–Crippen MR) is 57.8 cm³/mol. The number of hydrogen-bond acceptors (Lipinski definition) is 4. The molecule has 0 amide bonds. The van der Waals surface area contributed by atoms with Crippen molar-refractivity contribution in [3.8, 4) is 0 Å². The molecule has 2 N–H and O–H groups in total. The second-order valence-corrected chi connectivity index (χ2v) is 3.98. The smallest absolute Gasteiger partial charge is 0.373 e. The Morgan fingerprint density at radius 2 is 1.88 bits per heavy atom. The summed E-state index contributed by atoms with van der Waals surface area (Å²) in [4.78, 5) is 6.87. The number of alkyl halides is 3. The van der Waals surface area contributed by atoms with Gasteiger partial charge < -0.3 is 10.6 Å². The van der Waals surface area contributed by atoms with Crippen LogP contribution >= 0.6 is 0 Å². The Bertz CT molecular complexity index is 401. The van der Waals surface area contributed by atoms with Crippen LogP contribution < -0.4 is 10.6 Å². The maximum Gasteiger partial charge on any atom is 0.451 e. The van der Waals surface area contributed by atoms with E-state index in [4.69, 9.17) is 0 Å². The van der Waals surface area contributed by atoms with Gasteiger partial charge in [0.1, 0.15) is 11.6 Å². The molecule has 0 unspecified atom stereocenters. The van der Waals surface area contributed by atoms with Gasteiger partial charge in [0.15, 0.2) is 0 Å². The first-order valence-electron chi connectivity index (χ1n) is 5.39. The van der Waals surface area contributed by atoms with Crippen molar-refractivity contribution in [3.63, 3.8) is 0 Å². The third kappa shape index (κ3) is 2.78. The van der Waals surface area contributed by atoms with Crippen molar-refractivity contribution in [2.75, 3.05) is 17.7 Å². The zero-order valence-corrected chi connectivity index (χ0v) is 9.30. The Kier molecular flexibility index (Phi) is 3.08. The minimum atomic E-state index is -4.52. The lowest BCUT2D eigenvalue weighted by Gasteiger charge is -2.27. The van der Waals surface area contributed by atoms with Crippen molar-refractivity contribution in [1.29, 1.82) is 0 Å². The van der Waals surface area contributed by atoms with Crippen LogP contribution in [0.4, 0.5) is 24.8 Å². The average molecular weight is 246 g/mol. The van der Waals surface area contributed by atoms with E-state index < -0.39 is 12.0 Å². The van der Waals surface area contributed by atoms with E-state index in [1.54, 1.807) is 0 Å². The van der Waals surface area contributed by atoms with Gasteiger partial charge in [-0.05, 0) is 19.3 Å². The number of nitrogens with zero attached hydrogens (tertiary/aromatic N) is 2.